The first-order valence-corrected chi connectivity index (χ1v) is 7.68. The van der Waals surface area contributed by atoms with E-state index in [2.05, 4.69) is 12.6 Å². The zero-order valence-corrected chi connectivity index (χ0v) is 13.6. The van der Waals surface area contributed by atoms with Crippen molar-refractivity contribution in [3.05, 3.63) is 0 Å². The third-order valence-corrected chi connectivity index (χ3v) is 4.25. The van der Waals surface area contributed by atoms with Gasteiger partial charge in [-0.1, -0.05) is 26.7 Å². The van der Waals surface area contributed by atoms with Gasteiger partial charge in [-0.2, -0.15) is 0 Å². The number of nitrogens with zero attached hydrogens (tertiary/aromatic N) is 2. The van der Waals surface area contributed by atoms with E-state index in [0.717, 1.165) is 29.6 Å². The Morgan fingerprint density at radius 3 is 1.67 bits per heavy atom. The quantitative estimate of drug-likeness (QED) is 0.572. The average Bonchev–Trinajstić information content (AvgIpc) is 2.45. The predicted octanol–water partition coefficient (Wildman–Crippen LogP) is 1.64. The molecule has 0 N–H and O–H groups in total. The number of Topliss-reactive ketones (excluding diaryl/α,β-unsaturated/α-hetero) is 1. The molecule has 1 heterocycles. The molecule has 1 aliphatic heterocycles. The van der Waals surface area contributed by atoms with Crippen molar-refractivity contribution in [2.75, 3.05) is 13.1 Å². The lowest BCUT2D eigenvalue weighted by Gasteiger charge is -2.40. The molecule has 1 rings (SSSR count). The smallest absolute Gasteiger partial charge is 0.297 e. The largest absolute Gasteiger partial charge is 0.333 e. The topological polar surface area (TPSA) is 74.8 Å². The first kappa shape index (κ1) is 17.7. The Morgan fingerprint density at radius 1 is 1.00 bits per heavy atom. The number of carbonyl (C=O) groups excluding carboxylic acids is 4. The second kappa shape index (κ2) is 7.06. The summed E-state index contributed by atoms with van der Waals surface area (Å²) in [4.78, 5) is 50.9. The van der Waals surface area contributed by atoms with E-state index in [4.69, 9.17) is 0 Å². The van der Waals surface area contributed by atoms with Gasteiger partial charge in [-0.05, 0) is 19.8 Å². The fourth-order valence-electron chi connectivity index (χ4n) is 2.13. The first-order chi connectivity index (χ1) is 9.82. The van der Waals surface area contributed by atoms with Crippen molar-refractivity contribution in [1.82, 2.24) is 9.80 Å². The van der Waals surface area contributed by atoms with E-state index in [0.29, 0.717) is 12.8 Å². The summed E-state index contributed by atoms with van der Waals surface area (Å²) in [7, 11) is 0. The van der Waals surface area contributed by atoms with Gasteiger partial charge in [0.15, 0.2) is 5.78 Å². The van der Waals surface area contributed by atoms with Crippen LogP contribution in [0.3, 0.4) is 0 Å². The molecular formula is C14H22N2O4S. The van der Waals surface area contributed by atoms with Crippen LogP contribution in [0.25, 0.3) is 0 Å². The van der Waals surface area contributed by atoms with Gasteiger partial charge in [-0.25, -0.2) is 4.79 Å². The predicted molar refractivity (Wildman–Crippen MR) is 81.0 cm³/mol. The van der Waals surface area contributed by atoms with Crippen LogP contribution in [0.1, 0.15) is 46.5 Å². The van der Waals surface area contributed by atoms with Crippen LogP contribution in [0.15, 0.2) is 0 Å². The van der Waals surface area contributed by atoms with Crippen LogP contribution in [0, 0.1) is 0 Å². The zero-order chi connectivity index (χ0) is 16.2. The molecule has 0 aliphatic carbocycles. The highest BCUT2D eigenvalue weighted by Gasteiger charge is 2.58. The molecule has 0 spiro atoms. The molecule has 0 aromatic carbocycles. The number of thiol groups is 1. The van der Waals surface area contributed by atoms with Gasteiger partial charge in [0.2, 0.25) is 4.75 Å². The van der Waals surface area contributed by atoms with Crippen LogP contribution < -0.4 is 0 Å². The number of unbranched alkanes of at least 4 members (excludes halogenated alkanes) is 2. The highest BCUT2D eigenvalue weighted by Crippen LogP contribution is 2.29. The van der Waals surface area contributed by atoms with E-state index in [1.807, 2.05) is 13.8 Å². The summed E-state index contributed by atoms with van der Waals surface area (Å²) in [5.41, 5.74) is 0. The summed E-state index contributed by atoms with van der Waals surface area (Å²) in [5, 5.41) is 0. The number of amides is 4. The van der Waals surface area contributed by atoms with Crippen molar-refractivity contribution in [2.24, 2.45) is 0 Å². The van der Waals surface area contributed by atoms with Crippen LogP contribution in [-0.2, 0) is 14.4 Å². The lowest BCUT2D eigenvalue weighted by molar-refractivity contribution is -0.150. The number of rotatable bonds is 7. The van der Waals surface area contributed by atoms with Crippen molar-refractivity contribution < 1.29 is 19.2 Å². The van der Waals surface area contributed by atoms with Crippen molar-refractivity contribution in [2.45, 2.75) is 51.2 Å². The molecule has 1 saturated heterocycles. The second-order valence-corrected chi connectivity index (χ2v) is 5.84. The average molecular weight is 314 g/mol. The summed E-state index contributed by atoms with van der Waals surface area (Å²) in [6.07, 6.45) is 2.82. The molecule has 0 unspecified atom stereocenters. The zero-order valence-electron chi connectivity index (χ0n) is 12.7. The molecule has 0 radical (unpaired) electrons. The fourth-order valence-corrected chi connectivity index (χ4v) is 2.37. The Hall–Kier alpha value is -1.37. The number of urea groups is 1. The van der Waals surface area contributed by atoms with Gasteiger partial charge >= 0.3 is 6.03 Å². The summed E-state index contributed by atoms with van der Waals surface area (Å²) >= 11 is 4.05. The molecular weight excluding hydrogens is 292 g/mol. The van der Waals surface area contributed by atoms with Crippen molar-refractivity contribution in [1.29, 1.82) is 0 Å². The van der Waals surface area contributed by atoms with E-state index in [1.165, 1.54) is 0 Å². The van der Waals surface area contributed by atoms with E-state index >= 15 is 0 Å². The molecule has 1 aliphatic rings. The molecule has 0 atom stereocenters. The minimum Gasteiger partial charge on any atom is -0.297 e. The van der Waals surface area contributed by atoms with Crippen LogP contribution >= 0.6 is 12.6 Å². The molecule has 1 fully saturated rings. The van der Waals surface area contributed by atoms with Crippen molar-refractivity contribution in [3.8, 4) is 0 Å². The van der Waals surface area contributed by atoms with Gasteiger partial charge in [-0.3, -0.25) is 24.2 Å². The molecule has 0 aromatic rings. The van der Waals surface area contributed by atoms with Gasteiger partial charge in [0.05, 0.1) is 0 Å². The second-order valence-electron chi connectivity index (χ2n) is 5.17. The number of carbonyl (C=O) groups is 4. The number of barbiturate groups is 1. The van der Waals surface area contributed by atoms with E-state index < -0.39 is 28.4 Å². The van der Waals surface area contributed by atoms with E-state index in [1.54, 1.807) is 0 Å². The molecule has 0 saturated carbocycles. The van der Waals surface area contributed by atoms with Crippen LogP contribution in [0.5, 0.6) is 0 Å². The summed E-state index contributed by atoms with van der Waals surface area (Å²) in [6, 6.07) is -0.641. The molecule has 0 aromatic heterocycles. The number of hydrogen-bond donors (Lipinski definition) is 1. The molecule has 4 amide bonds. The minimum absolute atomic E-state index is 0.194. The lowest BCUT2D eigenvalue weighted by Crippen LogP contribution is -2.69. The lowest BCUT2D eigenvalue weighted by atomic mass is 9.97. The normalized spacial score (nSPS) is 18.4. The van der Waals surface area contributed by atoms with Crippen LogP contribution in [0.2, 0.25) is 0 Å². The molecule has 7 heteroatoms. The number of hydrogen-bond acceptors (Lipinski definition) is 5. The Bertz CT molecular complexity index is 434. The Morgan fingerprint density at radius 2 is 1.38 bits per heavy atom. The maximum atomic E-state index is 12.4. The third-order valence-electron chi connectivity index (χ3n) is 3.55. The van der Waals surface area contributed by atoms with E-state index in [9.17, 15) is 19.2 Å². The van der Waals surface area contributed by atoms with Crippen LogP contribution in [-0.4, -0.2) is 51.3 Å². The van der Waals surface area contributed by atoms with Crippen molar-refractivity contribution in [3.63, 3.8) is 0 Å². The fraction of sp³-hybridized carbons (Fsp3) is 0.714. The third kappa shape index (κ3) is 3.12. The molecule has 0 bridgehead atoms. The highest BCUT2D eigenvalue weighted by molar-refractivity contribution is 7.85. The van der Waals surface area contributed by atoms with Gasteiger partial charge in [0.25, 0.3) is 11.8 Å². The monoisotopic (exact) mass is 314 g/mol. The van der Waals surface area contributed by atoms with Gasteiger partial charge in [0, 0.05) is 13.1 Å². The standard InChI is InChI=1S/C14H22N2O4S/c1-4-6-8-15-11(18)14(21,10(3)17)12(19)16(13(15)20)9-7-5-2/h21H,4-9H2,1-3H3. The SMILES string of the molecule is CCCCN1C(=O)N(CCCC)C(=O)C(S)(C(C)=O)C1=O. The maximum absolute atomic E-state index is 12.4. The number of ketones is 1. The Kier molecular flexibility index (Phi) is 5.95. The number of imide groups is 2. The molecule has 118 valence electrons. The first-order valence-electron chi connectivity index (χ1n) is 7.23. The van der Waals surface area contributed by atoms with E-state index in [-0.39, 0.29) is 13.1 Å². The minimum atomic E-state index is -2.07. The van der Waals surface area contributed by atoms with Gasteiger partial charge in [0.1, 0.15) is 0 Å². The van der Waals surface area contributed by atoms with Gasteiger partial charge < -0.3 is 0 Å². The highest BCUT2D eigenvalue weighted by atomic mass is 32.1. The Balaban J connectivity index is 3.17. The van der Waals surface area contributed by atoms with Crippen LogP contribution in [0.4, 0.5) is 4.79 Å². The summed E-state index contributed by atoms with van der Waals surface area (Å²) < 4.78 is -2.07. The molecule has 6 nitrogen and oxygen atoms in total. The summed E-state index contributed by atoms with van der Waals surface area (Å²) in [6.45, 7) is 5.39. The van der Waals surface area contributed by atoms with Gasteiger partial charge in [-0.15, -0.1) is 12.6 Å². The maximum Gasteiger partial charge on any atom is 0.333 e. The van der Waals surface area contributed by atoms with Crippen molar-refractivity contribution >= 4 is 36.3 Å². The summed E-state index contributed by atoms with van der Waals surface area (Å²) in [5.74, 6) is -2.31. The Labute approximate surface area is 130 Å². The molecule has 21 heavy (non-hydrogen) atoms.